The Morgan fingerprint density at radius 2 is 2.04 bits per heavy atom. The van der Waals surface area contributed by atoms with Crippen LogP contribution in [0.25, 0.3) is 0 Å². The van der Waals surface area contributed by atoms with Crippen molar-refractivity contribution in [1.82, 2.24) is 15.5 Å². The van der Waals surface area contributed by atoms with Crippen molar-refractivity contribution in [3.05, 3.63) is 23.5 Å². The van der Waals surface area contributed by atoms with E-state index in [0.717, 1.165) is 38.9 Å². The number of nitrogens with zero attached hydrogens (tertiary/aromatic N) is 1. The highest BCUT2D eigenvalue weighted by atomic mass is 16.5. The summed E-state index contributed by atoms with van der Waals surface area (Å²) in [5.74, 6) is -0.298. The topological polar surface area (TPSA) is 62.8 Å². The van der Waals surface area contributed by atoms with Crippen LogP contribution in [0.4, 0.5) is 0 Å². The second-order valence-corrected chi connectivity index (χ2v) is 7.48. The normalized spacial score (nSPS) is 24.4. The summed E-state index contributed by atoms with van der Waals surface area (Å²) < 4.78 is 10.3. The van der Waals surface area contributed by atoms with Gasteiger partial charge >= 0.3 is 5.97 Å². The van der Waals surface area contributed by atoms with Gasteiger partial charge in [0.05, 0.1) is 19.6 Å². The first-order chi connectivity index (χ1) is 12.5. The fourth-order valence-electron chi connectivity index (χ4n) is 3.92. The van der Waals surface area contributed by atoms with Crippen molar-refractivity contribution in [2.24, 2.45) is 5.92 Å². The monoisotopic (exact) mass is 365 g/mol. The van der Waals surface area contributed by atoms with Crippen LogP contribution in [0.3, 0.4) is 0 Å². The summed E-state index contributed by atoms with van der Waals surface area (Å²) in [5, 5.41) is 7.20. The Morgan fingerprint density at radius 3 is 2.62 bits per heavy atom. The lowest BCUT2D eigenvalue weighted by Crippen LogP contribution is -2.45. The zero-order valence-electron chi connectivity index (χ0n) is 16.8. The smallest absolute Gasteiger partial charge is 0.311 e. The molecule has 1 fully saturated rings. The predicted octanol–water partition coefficient (Wildman–Crippen LogP) is 2.04. The molecule has 0 radical (unpaired) electrons. The number of rotatable bonds is 8. The molecule has 1 saturated heterocycles. The minimum Gasteiger partial charge on any atom is -0.469 e. The number of piperidine rings is 1. The second kappa shape index (κ2) is 9.97. The lowest BCUT2D eigenvalue weighted by atomic mass is 9.87. The molecule has 0 saturated carbocycles. The lowest BCUT2D eigenvalue weighted by molar-refractivity contribution is -0.146. The van der Waals surface area contributed by atoms with Gasteiger partial charge in [0.1, 0.15) is 0 Å². The molecule has 0 bridgehead atoms. The standard InChI is InChI=1S/C20H35N3O3/c1-14(2)23-10-7-17(8-11-23)21-9-6-19-16(13-25-4)12-18(15(3)22-19)20(24)26-5/h15,17-18,21-22H,1,6-13H2,2-5H3/t15-,18-/m0/s1. The highest BCUT2D eigenvalue weighted by Gasteiger charge is 2.32. The maximum absolute atomic E-state index is 12.0. The number of nitrogens with one attached hydrogen (secondary N) is 2. The van der Waals surface area contributed by atoms with Crippen LogP contribution in [0, 0.1) is 5.92 Å². The van der Waals surface area contributed by atoms with Gasteiger partial charge in [0.2, 0.25) is 0 Å². The van der Waals surface area contributed by atoms with E-state index in [-0.39, 0.29) is 17.9 Å². The van der Waals surface area contributed by atoms with E-state index in [4.69, 9.17) is 9.47 Å². The van der Waals surface area contributed by atoms with Crippen molar-refractivity contribution in [3.8, 4) is 0 Å². The van der Waals surface area contributed by atoms with Crippen molar-refractivity contribution in [2.45, 2.75) is 51.6 Å². The molecule has 0 aromatic carbocycles. The number of carbonyl (C=O) groups excluding carboxylic acids is 1. The van der Waals surface area contributed by atoms with Gasteiger partial charge in [-0.15, -0.1) is 0 Å². The minimum absolute atomic E-state index is 0.0804. The maximum atomic E-state index is 12.0. The first-order valence-corrected chi connectivity index (χ1v) is 9.64. The van der Waals surface area contributed by atoms with E-state index < -0.39 is 0 Å². The van der Waals surface area contributed by atoms with Gasteiger partial charge in [0, 0.05) is 50.2 Å². The second-order valence-electron chi connectivity index (χ2n) is 7.48. The third-order valence-corrected chi connectivity index (χ3v) is 5.56. The number of hydrogen-bond donors (Lipinski definition) is 2. The van der Waals surface area contributed by atoms with E-state index in [1.807, 2.05) is 6.92 Å². The number of allylic oxidation sites excluding steroid dienone is 1. The molecule has 2 atom stereocenters. The van der Waals surface area contributed by atoms with Crippen LogP contribution >= 0.6 is 0 Å². The van der Waals surface area contributed by atoms with Crippen molar-refractivity contribution in [3.63, 3.8) is 0 Å². The number of carbonyl (C=O) groups is 1. The summed E-state index contributed by atoms with van der Waals surface area (Å²) in [6.45, 7) is 11.8. The van der Waals surface area contributed by atoms with Gasteiger partial charge in [-0.1, -0.05) is 6.58 Å². The highest BCUT2D eigenvalue weighted by molar-refractivity contribution is 5.74. The molecule has 2 rings (SSSR count). The van der Waals surface area contributed by atoms with Crippen LogP contribution in [-0.4, -0.2) is 63.4 Å². The third kappa shape index (κ3) is 5.48. The Bertz CT molecular complexity index is 524. The van der Waals surface area contributed by atoms with Crippen LogP contribution in [-0.2, 0) is 14.3 Å². The Labute approximate surface area is 158 Å². The molecule has 2 heterocycles. The number of methoxy groups -OCH3 is 2. The van der Waals surface area contributed by atoms with Crippen molar-refractivity contribution >= 4 is 5.97 Å². The molecular weight excluding hydrogens is 330 g/mol. The van der Waals surface area contributed by atoms with Gasteiger partial charge in [-0.25, -0.2) is 0 Å². The van der Waals surface area contributed by atoms with Gasteiger partial charge in [-0.3, -0.25) is 4.79 Å². The molecular formula is C20H35N3O3. The van der Waals surface area contributed by atoms with Crippen LogP contribution in [0.1, 0.15) is 39.5 Å². The molecule has 0 amide bonds. The first-order valence-electron chi connectivity index (χ1n) is 9.64. The maximum Gasteiger partial charge on any atom is 0.311 e. The average Bonchev–Trinajstić information content (AvgIpc) is 2.63. The van der Waals surface area contributed by atoms with Crippen LogP contribution in [0.2, 0.25) is 0 Å². The molecule has 2 aliphatic rings. The molecule has 2 aliphatic heterocycles. The molecule has 0 spiro atoms. The number of hydrogen-bond acceptors (Lipinski definition) is 6. The van der Waals surface area contributed by atoms with Crippen molar-refractivity contribution in [1.29, 1.82) is 0 Å². The molecule has 0 aromatic heterocycles. The number of likely N-dealkylation sites (tertiary alicyclic amines) is 1. The predicted molar refractivity (Wildman–Crippen MR) is 104 cm³/mol. The zero-order valence-corrected chi connectivity index (χ0v) is 16.8. The summed E-state index contributed by atoms with van der Waals surface area (Å²) >= 11 is 0. The summed E-state index contributed by atoms with van der Waals surface area (Å²) in [5.41, 5.74) is 3.56. The molecule has 26 heavy (non-hydrogen) atoms. The van der Waals surface area contributed by atoms with E-state index in [0.29, 0.717) is 19.1 Å². The van der Waals surface area contributed by atoms with Crippen LogP contribution in [0.15, 0.2) is 23.5 Å². The molecule has 6 nitrogen and oxygen atoms in total. The largest absolute Gasteiger partial charge is 0.469 e. The van der Waals surface area contributed by atoms with Crippen molar-refractivity contribution in [2.75, 3.05) is 40.5 Å². The summed E-state index contributed by atoms with van der Waals surface area (Å²) in [6, 6.07) is 0.651. The van der Waals surface area contributed by atoms with Crippen LogP contribution < -0.4 is 10.6 Å². The van der Waals surface area contributed by atoms with Crippen LogP contribution in [0.5, 0.6) is 0 Å². The molecule has 0 aromatic rings. The summed E-state index contributed by atoms with van der Waals surface area (Å²) in [7, 11) is 3.15. The fraction of sp³-hybridized carbons (Fsp3) is 0.750. The SMILES string of the molecule is C=C(C)N1CCC(NCCC2=C(COC)C[C@H](C(=O)OC)[C@H](C)N2)CC1. The van der Waals surface area contributed by atoms with E-state index in [2.05, 4.69) is 29.0 Å². The van der Waals surface area contributed by atoms with Gasteiger partial charge in [0.25, 0.3) is 0 Å². The third-order valence-electron chi connectivity index (χ3n) is 5.56. The van der Waals surface area contributed by atoms with E-state index in [1.165, 1.54) is 24.1 Å². The Hall–Kier alpha value is -1.53. The Balaban J connectivity index is 1.86. The van der Waals surface area contributed by atoms with E-state index >= 15 is 0 Å². The van der Waals surface area contributed by atoms with Gasteiger partial charge < -0.3 is 25.0 Å². The van der Waals surface area contributed by atoms with E-state index in [9.17, 15) is 4.79 Å². The zero-order chi connectivity index (χ0) is 19.1. The van der Waals surface area contributed by atoms with Gasteiger partial charge in [0.15, 0.2) is 0 Å². The Morgan fingerprint density at radius 1 is 1.35 bits per heavy atom. The number of ether oxygens (including phenoxy) is 2. The Kier molecular flexibility index (Phi) is 7.97. The molecule has 148 valence electrons. The number of esters is 1. The van der Waals surface area contributed by atoms with Gasteiger partial charge in [-0.05, 0) is 45.1 Å². The summed E-state index contributed by atoms with van der Waals surface area (Å²) in [6.07, 6.45) is 3.95. The average molecular weight is 366 g/mol. The molecule has 6 heteroatoms. The fourth-order valence-corrected chi connectivity index (χ4v) is 3.92. The molecule has 0 unspecified atom stereocenters. The lowest BCUT2D eigenvalue weighted by Gasteiger charge is -2.35. The molecule has 0 aliphatic carbocycles. The summed E-state index contributed by atoms with van der Waals surface area (Å²) in [4.78, 5) is 14.3. The van der Waals surface area contributed by atoms with Gasteiger partial charge in [-0.2, -0.15) is 0 Å². The van der Waals surface area contributed by atoms with E-state index in [1.54, 1.807) is 7.11 Å². The first kappa shape index (κ1) is 20.8. The van der Waals surface area contributed by atoms with Crippen molar-refractivity contribution < 1.29 is 14.3 Å². The quantitative estimate of drug-likeness (QED) is 0.642. The highest BCUT2D eigenvalue weighted by Crippen LogP contribution is 2.27. The minimum atomic E-state index is -0.153. The molecule has 2 N–H and O–H groups in total.